The number of amides is 5. The van der Waals surface area contributed by atoms with Gasteiger partial charge in [0.05, 0.1) is 11.1 Å². The maximum atomic E-state index is 13.0. The van der Waals surface area contributed by atoms with E-state index < -0.39 is 29.3 Å². The summed E-state index contributed by atoms with van der Waals surface area (Å²) in [6.07, 6.45) is 0. The SMILES string of the molecule is C[C@]1(c2cccc(Br)c2)NC(=O)N(CCN2C(=O)c3ccccc3C2=O)C1=O. The lowest BCUT2D eigenvalue weighted by Crippen LogP contribution is -2.43. The Balaban J connectivity index is 1.52. The van der Waals surface area contributed by atoms with Crippen LogP contribution in [-0.2, 0) is 10.3 Å². The first-order valence-electron chi connectivity index (χ1n) is 8.68. The summed E-state index contributed by atoms with van der Waals surface area (Å²) in [5.74, 6) is -1.25. The van der Waals surface area contributed by atoms with Gasteiger partial charge < -0.3 is 5.32 Å². The monoisotopic (exact) mass is 441 g/mol. The van der Waals surface area contributed by atoms with Crippen LogP contribution in [0.25, 0.3) is 0 Å². The number of benzene rings is 2. The average molecular weight is 442 g/mol. The molecule has 8 heteroatoms. The van der Waals surface area contributed by atoms with Crippen LogP contribution < -0.4 is 5.32 Å². The molecular formula is C20H16BrN3O4. The van der Waals surface area contributed by atoms with Gasteiger partial charge in [0.15, 0.2) is 0 Å². The molecule has 1 fully saturated rings. The van der Waals surface area contributed by atoms with Crippen LogP contribution in [0.1, 0.15) is 33.2 Å². The highest BCUT2D eigenvalue weighted by Crippen LogP contribution is 2.30. The molecule has 0 saturated carbocycles. The summed E-state index contributed by atoms with van der Waals surface area (Å²) in [4.78, 5) is 52.4. The number of carbonyl (C=O) groups is 4. The van der Waals surface area contributed by atoms with Gasteiger partial charge in [-0.2, -0.15) is 0 Å². The molecule has 2 aliphatic heterocycles. The predicted octanol–water partition coefficient (Wildman–Crippen LogP) is 2.51. The first-order chi connectivity index (χ1) is 13.3. The number of nitrogens with one attached hydrogen (secondary N) is 1. The van der Waals surface area contributed by atoms with Crippen molar-refractivity contribution in [3.63, 3.8) is 0 Å². The molecular weight excluding hydrogens is 426 g/mol. The van der Waals surface area contributed by atoms with Crippen LogP contribution in [0.2, 0.25) is 0 Å². The molecule has 142 valence electrons. The van der Waals surface area contributed by atoms with Gasteiger partial charge >= 0.3 is 6.03 Å². The second kappa shape index (κ2) is 6.56. The smallest absolute Gasteiger partial charge is 0.319 e. The van der Waals surface area contributed by atoms with E-state index in [2.05, 4.69) is 21.2 Å². The molecule has 1 N–H and O–H groups in total. The lowest BCUT2D eigenvalue weighted by atomic mass is 9.92. The quantitative estimate of drug-likeness (QED) is 0.583. The zero-order chi connectivity index (χ0) is 20.1. The van der Waals surface area contributed by atoms with Crippen molar-refractivity contribution < 1.29 is 19.2 Å². The molecule has 2 aromatic carbocycles. The Labute approximate surface area is 169 Å². The molecule has 0 unspecified atom stereocenters. The Morgan fingerprint density at radius 2 is 1.50 bits per heavy atom. The first-order valence-corrected chi connectivity index (χ1v) is 9.47. The number of rotatable bonds is 4. The number of hydrogen-bond donors (Lipinski definition) is 1. The summed E-state index contributed by atoms with van der Waals surface area (Å²) >= 11 is 3.37. The zero-order valence-corrected chi connectivity index (χ0v) is 16.5. The second-order valence-electron chi connectivity index (χ2n) is 6.83. The van der Waals surface area contributed by atoms with E-state index in [4.69, 9.17) is 0 Å². The number of hydrogen-bond acceptors (Lipinski definition) is 4. The summed E-state index contributed by atoms with van der Waals surface area (Å²) in [5, 5.41) is 2.72. The van der Waals surface area contributed by atoms with E-state index in [1.807, 2.05) is 6.07 Å². The van der Waals surface area contributed by atoms with E-state index in [-0.39, 0.29) is 13.1 Å². The van der Waals surface area contributed by atoms with Crippen molar-refractivity contribution in [2.45, 2.75) is 12.5 Å². The van der Waals surface area contributed by atoms with Crippen LogP contribution in [0, 0.1) is 0 Å². The maximum Gasteiger partial charge on any atom is 0.325 e. The Morgan fingerprint density at radius 3 is 2.11 bits per heavy atom. The number of nitrogens with zero attached hydrogens (tertiary/aromatic N) is 2. The maximum absolute atomic E-state index is 13.0. The van der Waals surface area contributed by atoms with Crippen molar-refractivity contribution in [1.82, 2.24) is 15.1 Å². The summed E-state index contributed by atoms with van der Waals surface area (Å²) in [6.45, 7) is 1.51. The van der Waals surface area contributed by atoms with Crippen LogP contribution in [-0.4, -0.2) is 46.6 Å². The highest BCUT2D eigenvalue weighted by Gasteiger charge is 2.49. The molecule has 2 aromatic rings. The van der Waals surface area contributed by atoms with Crippen LogP contribution in [0.15, 0.2) is 53.0 Å². The summed E-state index contributed by atoms with van der Waals surface area (Å²) < 4.78 is 0.790. The lowest BCUT2D eigenvalue weighted by molar-refractivity contribution is -0.131. The fourth-order valence-electron chi connectivity index (χ4n) is 3.54. The molecule has 0 aromatic heterocycles. The fraction of sp³-hybridized carbons (Fsp3) is 0.200. The third-order valence-electron chi connectivity index (χ3n) is 5.10. The Hall–Kier alpha value is -3.00. The normalized spacial score (nSPS) is 21.4. The van der Waals surface area contributed by atoms with Gasteiger partial charge in [-0.15, -0.1) is 0 Å². The molecule has 1 saturated heterocycles. The standard InChI is InChI=1S/C20H16BrN3O4/c1-20(12-5-4-6-13(21)11-12)18(27)24(19(28)22-20)10-9-23-16(25)14-7-2-3-8-15(14)17(23)26/h2-8,11H,9-10H2,1H3,(H,22,28)/t20-/m1/s1. The van der Waals surface area contributed by atoms with Gasteiger partial charge in [-0.05, 0) is 36.8 Å². The van der Waals surface area contributed by atoms with Crippen LogP contribution in [0.4, 0.5) is 4.79 Å². The van der Waals surface area contributed by atoms with Gasteiger partial charge in [0.2, 0.25) is 0 Å². The molecule has 0 bridgehead atoms. The second-order valence-corrected chi connectivity index (χ2v) is 7.75. The largest absolute Gasteiger partial charge is 0.325 e. The van der Waals surface area contributed by atoms with Crippen molar-refractivity contribution in [3.8, 4) is 0 Å². The molecule has 0 radical (unpaired) electrons. The number of urea groups is 1. The zero-order valence-electron chi connectivity index (χ0n) is 14.9. The van der Waals surface area contributed by atoms with E-state index in [1.54, 1.807) is 49.4 Å². The molecule has 7 nitrogen and oxygen atoms in total. The molecule has 0 spiro atoms. The van der Waals surface area contributed by atoms with Gasteiger partial charge in [0.1, 0.15) is 5.54 Å². The third-order valence-corrected chi connectivity index (χ3v) is 5.60. The topological polar surface area (TPSA) is 86.8 Å². The minimum atomic E-state index is -1.21. The van der Waals surface area contributed by atoms with Crippen LogP contribution in [0.3, 0.4) is 0 Å². The van der Waals surface area contributed by atoms with Crippen molar-refractivity contribution in [3.05, 3.63) is 69.7 Å². The molecule has 5 amide bonds. The number of carbonyl (C=O) groups excluding carboxylic acids is 4. The van der Waals surface area contributed by atoms with E-state index >= 15 is 0 Å². The number of fused-ring (bicyclic) bond motifs is 1. The van der Waals surface area contributed by atoms with E-state index in [0.717, 1.165) is 14.3 Å². The number of imide groups is 2. The van der Waals surface area contributed by atoms with Gasteiger partial charge in [0.25, 0.3) is 17.7 Å². The first kappa shape index (κ1) is 18.4. The fourth-order valence-corrected chi connectivity index (χ4v) is 3.94. The van der Waals surface area contributed by atoms with E-state index in [0.29, 0.717) is 16.7 Å². The van der Waals surface area contributed by atoms with Gasteiger partial charge in [-0.3, -0.25) is 24.2 Å². The lowest BCUT2D eigenvalue weighted by Gasteiger charge is -2.23. The van der Waals surface area contributed by atoms with Crippen LogP contribution >= 0.6 is 15.9 Å². The molecule has 28 heavy (non-hydrogen) atoms. The molecule has 2 aliphatic rings. The van der Waals surface area contributed by atoms with Gasteiger partial charge in [-0.1, -0.05) is 40.2 Å². The summed E-state index contributed by atoms with van der Waals surface area (Å²) in [7, 11) is 0. The molecule has 2 heterocycles. The third kappa shape index (κ3) is 2.72. The summed E-state index contributed by atoms with van der Waals surface area (Å²) in [5.41, 5.74) is 0.110. The Bertz CT molecular complexity index is 1000. The molecule has 1 atom stereocenters. The molecule has 4 rings (SSSR count). The van der Waals surface area contributed by atoms with Gasteiger partial charge in [0, 0.05) is 17.6 Å². The van der Waals surface area contributed by atoms with Crippen molar-refractivity contribution >= 4 is 39.7 Å². The minimum absolute atomic E-state index is 0.0555. The van der Waals surface area contributed by atoms with E-state index in [1.165, 1.54) is 0 Å². The Kier molecular flexibility index (Phi) is 4.30. The minimum Gasteiger partial charge on any atom is -0.319 e. The van der Waals surface area contributed by atoms with Crippen LogP contribution in [0.5, 0.6) is 0 Å². The molecule has 0 aliphatic carbocycles. The van der Waals surface area contributed by atoms with Gasteiger partial charge in [-0.25, -0.2) is 4.79 Å². The highest BCUT2D eigenvalue weighted by molar-refractivity contribution is 9.10. The van der Waals surface area contributed by atoms with Crippen molar-refractivity contribution in [2.24, 2.45) is 0 Å². The van der Waals surface area contributed by atoms with E-state index in [9.17, 15) is 19.2 Å². The summed E-state index contributed by atoms with van der Waals surface area (Å²) in [6, 6.07) is 13.1. The predicted molar refractivity (Wildman–Crippen MR) is 104 cm³/mol. The van der Waals surface area contributed by atoms with Crippen molar-refractivity contribution in [2.75, 3.05) is 13.1 Å². The Morgan fingerprint density at radius 1 is 0.893 bits per heavy atom. The number of halogens is 1. The van der Waals surface area contributed by atoms with Crippen molar-refractivity contribution in [1.29, 1.82) is 0 Å². The average Bonchev–Trinajstić information content (AvgIpc) is 3.05. The highest BCUT2D eigenvalue weighted by atomic mass is 79.9.